The van der Waals surface area contributed by atoms with Gasteiger partial charge in [-0.1, -0.05) is 47.9 Å². The van der Waals surface area contributed by atoms with Crippen LogP contribution in [-0.2, 0) is 4.74 Å². The van der Waals surface area contributed by atoms with E-state index in [-0.39, 0.29) is 24.5 Å². The van der Waals surface area contributed by atoms with E-state index in [1.165, 1.54) is 0 Å². The molecular formula is C30H23F2NO4. The van der Waals surface area contributed by atoms with Gasteiger partial charge in [-0.05, 0) is 54.5 Å². The van der Waals surface area contributed by atoms with Gasteiger partial charge in [-0.2, -0.15) is 0 Å². The largest absolute Gasteiger partial charge is 0.490 e. The second-order valence-corrected chi connectivity index (χ2v) is 8.32. The summed E-state index contributed by atoms with van der Waals surface area (Å²) >= 11 is 0. The summed E-state index contributed by atoms with van der Waals surface area (Å²) in [5, 5.41) is 10.0. The molecule has 1 heterocycles. The van der Waals surface area contributed by atoms with Crippen LogP contribution in [0.2, 0.25) is 0 Å². The summed E-state index contributed by atoms with van der Waals surface area (Å²) in [5.41, 5.74) is 3.42. The van der Waals surface area contributed by atoms with Crippen molar-refractivity contribution in [3.63, 3.8) is 0 Å². The number of aromatic carboxylic acids is 1. The minimum absolute atomic E-state index is 0.0476. The molecule has 0 aliphatic carbocycles. The summed E-state index contributed by atoms with van der Waals surface area (Å²) in [6, 6.07) is 18.0. The third-order valence-electron chi connectivity index (χ3n) is 5.61. The number of aromatic nitrogens is 1. The molecule has 7 heteroatoms. The highest BCUT2D eigenvalue weighted by atomic mass is 19.2. The van der Waals surface area contributed by atoms with Crippen molar-refractivity contribution in [2.45, 2.75) is 13.0 Å². The Kier molecular flexibility index (Phi) is 7.92. The van der Waals surface area contributed by atoms with Gasteiger partial charge in [0, 0.05) is 11.5 Å². The van der Waals surface area contributed by atoms with E-state index in [4.69, 9.17) is 15.9 Å². The molecule has 186 valence electrons. The van der Waals surface area contributed by atoms with Crippen LogP contribution in [0.3, 0.4) is 0 Å². The topological polar surface area (TPSA) is 68.7 Å². The van der Waals surface area contributed by atoms with Gasteiger partial charge < -0.3 is 14.6 Å². The Morgan fingerprint density at radius 2 is 1.89 bits per heavy atom. The highest BCUT2D eigenvalue weighted by Gasteiger charge is 2.17. The van der Waals surface area contributed by atoms with Crippen molar-refractivity contribution < 1.29 is 28.2 Å². The fourth-order valence-electron chi connectivity index (χ4n) is 3.76. The predicted molar refractivity (Wildman–Crippen MR) is 138 cm³/mol. The number of carbonyl (C=O) groups is 1. The van der Waals surface area contributed by atoms with Gasteiger partial charge in [0.15, 0.2) is 11.6 Å². The molecule has 0 saturated heterocycles. The number of hydrogen-bond acceptors (Lipinski definition) is 4. The van der Waals surface area contributed by atoms with Gasteiger partial charge in [-0.15, -0.1) is 6.42 Å². The number of rotatable bonds is 9. The van der Waals surface area contributed by atoms with E-state index in [1.807, 2.05) is 30.3 Å². The van der Waals surface area contributed by atoms with Gasteiger partial charge in [0.2, 0.25) is 0 Å². The Labute approximate surface area is 213 Å². The maximum absolute atomic E-state index is 13.6. The molecule has 5 nitrogen and oxygen atoms in total. The van der Waals surface area contributed by atoms with Crippen molar-refractivity contribution in [1.82, 2.24) is 4.98 Å². The Morgan fingerprint density at radius 3 is 2.68 bits per heavy atom. The number of hydrogen-bond donors (Lipinski definition) is 1. The van der Waals surface area contributed by atoms with E-state index in [2.05, 4.69) is 10.9 Å². The third-order valence-corrected chi connectivity index (χ3v) is 5.61. The summed E-state index contributed by atoms with van der Waals surface area (Å²) in [5.74, 6) is -0.265. The van der Waals surface area contributed by atoms with Crippen LogP contribution in [0.5, 0.6) is 5.75 Å². The van der Waals surface area contributed by atoms with Crippen molar-refractivity contribution in [3.8, 4) is 18.1 Å². The lowest BCUT2D eigenvalue weighted by Crippen LogP contribution is -2.16. The van der Waals surface area contributed by atoms with Crippen LogP contribution >= 0.6 is 0 Å². The van der Waals surface area contributed by atoms with Crippen molar-refractivity contribution >= 4 is 29.0 Å². The number of terminal acetylenes is 1. The van der Waals surface area contributed by atoms with Crippen molar-refractivity contribution in [2.75, 3.05) is 13.2 Å². The molecule has 1 N–H and O–H groups in total. The highest BCUT2D eigenvalue weighted by Crippen LogP contribution is 2.25. The fraction of sp³-hybridized carbons (Fsp3) is 0.133. The van der Waals surface area contributed by atoms with Gasteiger partial charge in [0.05, 0.1) is 11.2 Å². The number of aryl methyl sites for hydroxylation is 1. The normalized spacial score (nSPS) is 11.9. The first-order valence-electron chi connectivity index (χ1n) is 11.4. The number of benzene rings is 3. The quantitative estimate of drug-likeness (QED) is 0.268. The van der Waals surface area contributed by atoms with Gasteiger partial charge in [0.25, 0.3) is 0 Å². The van der Waals surface area contributed by atoms with E-state index >= 15 is 0 Å². The molecule has 0 aliphatic heterocycles. The van der Waals surface area contributed by atoms with Gasteiger partial charge in [0.1, 0.15) is 30.6 Å². The Hall–Kier alpha value is -4.54. The number of ether oxygens (including phenoxy) is 2. The Bertz CT molecular complexity index is 1520. The second kappa shape index (κ2) is 11.5. The third kappa shape index (κ3) is 6.37. The van der Waals surface area contributed by atoms with Crippen LogP contribution in [0.4, 0.5) is 8.78 Å². The number of carboxylic acid groups (broad SMARTS) is 1. The van der Waals surface area contributed by atoms with Crippen molar-refractivity contribution in [2.24, 2.45) is 0 Å². The van der Waals surface area contributed by atoms with Crippen LogP contribution in [0.1, 0.15) is 38.8 Å². The fourth-order valence-corrected chi connectivity index (χ4v) is 3.76. The van der Waals surface area contributed by atoms with Crippen LogP contribution in [0.15, 0.2) is 66.7 Å². The highest BCUT2D eigenvalue weighted by molar-refractivity contribution is 5.91. The van der Waals surface area contributed by atoms with Crippen LogP contribution in [0, 0.1) is 30.9 Å². The van der Waals surface area contributed by atoms with E-state index in [0.29, 0.717) is 16.6 Å². The first-order valence-corrected chi connectivity index (χ1v) is 11.4. The number of fused-ring (bicyclic) bond motifs is 1. The molecule has 4 rings (SSSR count). The maximum Gasteiger partial charge on any atom is 0.339 e. The molecule has 0 saturated carbocycles. The molecule has 1 unspecified atom stereocenters. The summed E-state index contributed by atoms with van der Waals surface area (Å²) in [6.07, 6.45) is 8.43. The smallest absolute Gasteiger partial charge is 0.339 e. The summed E-state index contributed by atoms with van der Waals surface area (Å²) < 4.78 is 38.7. The number of pyridine rings is 1. The van der Waals surface area contributed by atoms with Crippen LogP contribution in [0.25, 0.3) is 23.1 Å². The summed E-state index contributed by atoms with van der Waals surface area (Å²) in [4.78, 5) is 16.0. The molecule has 37 heavy (non-hydrogen) atoms. The predicted octanol–water partition coefficient (Wildman–Crippen LogP) is 6.46. The van der Waals surface area contributed by atoms with Crippen LogP contribution in [-0.4, -0.2) is 29.3 Å². The summed E-state index contributed by atoms with van der Waals surface area (Å²) in [7, 11) is 0. The molecular weight excluding hydrogens is 476 g/mol. The average Bonchev–Trinajstić information content (AvgIpc) is 2.89. The Balaban J connectivity index is 1.54. The van der Waals surface area contributed by atoms with Crippen LogP contribution < -0.4 is 4.74 Å². The molecule has 0 fully saturated rings. The molecule has 0 aliphatic rings. The average molecular weight is 500 g/mol. The zero-order chi connectivity index (χ0) is 26.4. The monoisotopic (exact) mass is 499 g/mol. The molecule has 1 aromatic heterocycles. The SMILES string of the molecule is C#CCOC(COc1ccc(C)cc1C(=O)O)c1cccc(/C=C/c2ccc3cc(F)c(F)cc3n2)c1. The Morgan fingerprint density at radius 1 is 1.08 bits per heavy atom. The van der Waals surface area contributed by atoms with Crippen molar-refractivity contribution in [1.29, 1.82) is 0 Å². The van der Waals surface area contributed by atoms with E-state index in [9.17, 15) is 18.7 Å². The number of carboxylic acids is 1. The molecule has 0 bridgehead atoms. The van der Waals surface area contributed by atoms with Crippen molar-refractivity contribution in [3.05, 3.63) is 106 Å². The van der Waals surface area contributed by atoms with E-state index in [1.54, 1.807) is 43.3 Å². The molecule has 4 aromatic rings. The lowest BCUT2D eigenvalue weighted by molar-refractivity contribution is 0.0375. The lowest BCUT2D eigenvalue weighted by atomic mass is 10.1. The minimum atomic E-state index is -1.08. The first kappa shape index (κ1) is 25.5. The molecule has 1 atom stereocenters. The van der Waals surface area contributed by atoms with Gasteiger partial charge in [-0.3, -0.25) is 0 Å². The number of halogens is 2. The molecule has 0 spiro atoms. The standard InChI is InChI=1S/C30H23F2NO4/c1-3-13-36-29(18-37-28-12-7-19(2)14-24(28)30(34)35)22-6-4-5-20(15-22)8-10-23-11-9-21-16-25(31)26(32)17-27(21)33-23/h1,4-12,14-17,29H,13,18H2,2H3,(H,34,35)/b10-8+. The summed E-state index contributed by atoms with van der Waals surface area (Å²) in [6.45, 7) is 1.90. The minimum Gasteiger partial charge on any atom is -0.490 e. The van der Waals surface area contributed by atoms with E-state index < -0.39 is 23.7 Å². The lowest BCUT2D eigenvalue weighted by Gasteiger charge is -2.19. The zero-order valence-corrected chi connectivity index (χ0v) is 19.9. The zero-order valence-electron chi connectivity index (χ0n) is 19.9. The first-order chi connectivity index (χ1) is 17.8. The number of nitrogens with zero attached hydrogens (tertiary/aromatic N) is 1. The van der Waals surface area contributed by atoms with E-state index in [0.717, 1.165) is 28.8 Å². The van der Waals surface area contributed by atoms with Gasteiger partial charge in [-0.25, -0.2) is 18.6 Å². The maximum atomic E-state index is 13.6. The molecule has 0 radical (unpaired) electrons. The molecule has 3 aromatic carbocycles. The van der Waals surface area contributed by atoms with Gasteiger partial charge >= 0.3 is 5.97 Å². The second-order valence-electron chi connectivity index (χ2n) is 8.32. The molecule has 0 amide bonds.